The molecule has 138 valence electrons. The van der Waals surface area contributed by atoms with E-state index in [1.54, 1.807) is 11.8 Å². The zero-order valence-electron chi connectivity index (χ0n) is 15.1. The van der Waals surface area contributed by atoms with E-state index in [2.05, 4.69) is 5.10 Å². The third-order valence-corrected chi connectivity index (χ3v) is 5.03. The number of ether oxygens (including phenoxy) is 3. The van der Waals surface area contributed by atoms with Crippen molar-refractivity contribution in [3.63, 3.8) is 0 Å². The highest BCUT2D eigenvalue weighted by Crippen LogP contribution is 2.31. The van der Waals surface area contributed by atoms with Crippen LogP contribution in [0, 0.1) is 6.92 Å². The molecule has 2 fully saturated rings. The summed E-state index contributed by atoms with van der Waals surface area (Å²) in [6, 6.07) is 9.45. The predicted octanol–water partition coefficient (Wildman–Crippen LogP) is 2.17. The highest BCUT2D eigenvalue weighted by molar-refractivity contribution is 5.92. The number of hydrogen-bond donors (Lipinski definition) is 0. The van der Waals surface area contributed by atoms with Crippen LogP contribution in [0.2, 0.25) is 0 Å². The van der Waals surface area contributed by atoms with Gasteiger partial charge in [-0.2, -0.15) is 5.10 Å². The van der Waals surface area contributed by atoms with Crippen LogP contribution in [0.25, 0.3) is 5.69 Å². The molecule has 1 aromatic heterocycles. The van der Waals surface area contributed by atoms with Gasteiger partial charge in [0.05, 0.1) is 26.0 Å². The molecule has 0 unspecified atom stereocenters. The summed E-state index contributed by atoms with van der Waals surface area (Å²) in [6.07, 6.45) is 1.41. The molecule has 1 amide bonds. The molecule has 2 aromatic rings. The lowest BCUT2D eigenvalue weighted by atomic mass is 10.0. The molecule has 2 saturated heterocycles. The summed E-state index contributed by atoms with van der Waals surface area (Å²) in [6.45, 7) is 4.44. The molecule has 0 radical (unpaired) electrons. The van der Waals surface area contributed by atoms with Gasteiger partial charge in [-0.3, -0.25) is 4.79 Å². The third-order valence-electron chi connectivity index (χ3n) is 5.03. The number of amides is 1. The molecule has 2 aliphatic rings. The van der Waals surface area contributed by atoms with Gasteiger partial charge in [0.1, 0.15) is 5.75 Å². The summed E-state index contributed by atoms with van der Waals surface area (Å²) < 4.78 is 18.5. The Morgan fingerprint density at radius 1 is 1.19 bits per heavy atom. The number of aromatic nitrogens is 2. The van der Waals surface area contributed by atoms with Gasteiger partial charge >= 0.3 is 0 Å². The molecule has 0 atom stereocenters. The second-order valence-corrected chi connectivity index (χ2v) is 6.68. The van der Waals surface area contributed by atoms with Gasteiger partial charge in [-0.05, 0) is 25.1 Å². The molecule has 7 nitrogen and oxygen atoms in total. The van der Waals surface area contributed by atoms with Crippen LogP contribution >= 0.6 is 0 Å². The summed E-state index contributed by atoms with van der Waals surface area (Å²) in [7, 11) is 1.63. The molecule has 0 bridgehead atoms. The SMILES string of the molecule is COc1cccc(-n2nc(C(=O)N3CCC4(CC3)OCCO4)cc2C)c1. The van der Waals surface area contributed by atoms with Crippen LogP contribution in [0.3, 0.4) is 0 Å². The number of methoxy groups -OCH3 is 1. The zero-order chi connectivity index (χ0) is 18.1. The number of aryl methyl sites for hydroxylation is 1. The molecule has 1 spiro atoms. The summed E-state index contributed by atoms with van der Waals surface area (Å²) in [5.74, 6) is 0.220. The van der Waals surface area contributed by atoms with Crippen molar-refractivity contribution in [1.29, 1.82) is 0 Å². The smallest absolute Gasteiger partial charge is 0.274 e. The normalized spacial score (nSPS) is 19.1. The Morgan fingerprint density at radius 2 is 1.92 bits per heavy atom. The van der Waals surface area contributed by atoms with E-state index in [1.807, 2.05) is 42.2 Å². The molecule has 0 N–H and O–H groups in total. The van der Waals surface area contributed by atoms with Gasteiger partial charge < -0.3 is 19.1 Å². The molecular weight excluding hydrogens is 334 g/mol. The Kier molecular flexibility index (Phi) is 4.42. The van der Waals surface area contributed by atoms with Gasteiger partial charge in [0, 0.05) is 37.7 Å². The maximum atomic E-state index is 12.9. The molecule has 1 aromatic carbocycles. The van der Waals surface area contributed by atoms with E-state index in [9.17, 15) is 4.79 Å². The van der Waals surface area contributed by atoms with Gasteiger partial charge in [0.2, 0.25) is 0 Å². The maximum Gasteiger partial charge on any atom is 0.274 e. The fourth-order valence-corrected chi connectivity index (χ4v) is 3.58. The summed E-state index contributed by atoms with van der Waals surface area (Å²) in [4.78, 5) is 14.7. The predicted molar refractivity (Wildman–Crippen MR) is 94.6 cm³/mol. The van der Waals surface area contributed by atoms with Gasteiger partial charge in [0.25, 0.3) is 5.91 Å². The fourth-order valence-electron chi connectivity index (χ4n) is 3.58. The Bertz CT molecular complexity index is 801. The molecule has 0 saturated carbocycles. The summed E-state index contributed by atoms with van der Waals surface area (Å²) >= 11 is 0. The van der Waals surface area contributed by atoms with Crippen LogP contribution in [-0.2, 0) is 9.47 Å². The van der Waals surface area contributed by atoms with Crippen LogP contribution in [0.15, 0.2) is 30.3 Å². The standard InChI is InChI=1S/C19H23N3O4/c1-14-12-17(20-22(14)15-4-3-5-16(13-15)24-2)18(23)21-8-6-19(7-9-21)25-10-11-26-19/h3-5,12-13H,6-11H2,1-2H3. The number of nitrogens with zero attached hydrogens (tertiary/aromatic N) is 3. The lowest BCUT2D eigenvalue weighted by Gasteiger charge is -2.37. The Morgan fingerprint density at radius 3 is 2.62 bits per heavy atom. The number of benzene rings is 1. The average Bonchev–Trinajstić information content (AvgIpc) is 3.29. The molecular formula is C19H23N3O4. The van der Waals surface area contributed by atoms with Crippen LogP contribution < -0.4 is 4.74 Å². The minimum Gasteiger partial charge on any atom is -0.497 e. The second kappa shape index (κ2) is 6.74. The summed E-state index contributed by atoms with van der Waals surface area (Å²) in [5, 5.41) is 4.53. The van der Waals surface area contributed by atoms with E-state index in [4.69, 9.17) is 14.2 Å². The molecule has 26 heavy (non-hydrogen) atoms. The number of carbonyl (C=O) groups is 1. The van der Waals surface area contributed by atoms with E-state index < -0.39 is 5.79 Å². The number of hydrogen-bond acceptors (Lipinski definition) is 5. The van der Waals surface area contributed by atoms with Crippen LogP contribution in [0.1, 0.15) is 29.0 Å². The van der Waals surface area contributed by atoms with Crippen LogP contribution in [-0.4, -0.2) is 59.8 Å². The van der Waals surface area contributed by atoms with Crippen molar-refractivity contribution < 1.29 is 19.0 Å². The monoisotopic (exact) mass is 357 g/mol. The first-order valence-corrected chi connectivity index (χ1v) is 8.88. The van der Waals surface area contributed by atoms with E-state index in [-0.39, 0.29) is 5.91 Å². The van der Waals surface area contributed by atoms with Crippen molar-refractivity contribution in [2.24, 2.45) is 0 Å². The summed E-state index contributed by atoms with van der Waals surface area (Å²) in [5.41, 5.74) is 2.22. The Hall–Kier alpha value is -2.38. The molecule has 4 rings (SSSR count). The van der Waals surface area contributed by atoms with Crippen molar-refractivity contribution in [3.8, 4) is 11.4 Å². The van der Waals surface area contributed by atoms with Gasteiger partial charge in [-0.25, -0.2) is 4.68 Å². The van der Waals surface area contributed by atoms with Gasteiger partial charge in [0.15, 0.2) is 11.5 Å². The Labute approximate surface area is 152 Å². The van der Waals surface area contributed by atoms with Crippen molar-refractivity contribution >= 4 is 5.91 Å². The molecule has 2 aliphatic heterocycles. The minimum atomic E-state index is -0.480. The van der Waals surface area contributed by atoms with Crippen LogP contribution in [0.5, 0.6) is 5.75 Å². The van der Waals surface area contributed by atoms with Crippen molar-refractivity contribution in [2.75, 3.05) is 33.4 Å². The lowest BCUT2D eigenvalue weighted by molar-refractivity contribution is -0.181. The van der Waals surface area contributed by atoms with Crippen molar-refractivity contribution in [1.82, 2.24) is 14.7 Å². The van der Waals surface area contributed by atoms with Crippen LogP contribution in [0.4, 0.5) is 0 Å². The first-order valence-electron chi connectivity index (χ1n) is 8.88. The minimum absolute atomic E-state index is 0.0532. The third kappa shape index (κ3) is 3.08. The lowest BCUT2D eigenvalue weighted by Crippen LogP contribution is -2.47. The van der Waals surface area contributed by atoms with Gasteiger partial charge in [-0.15, -0.1) is 0 Å². The van der Waals surface area contributed by atoms with Crippen molar-refractivity contribution in [3.05, 3.63) is 41.7 Å². The largest absolute Gasteiger partial charge is 0.497 e. The molecule has 7 heteroatoms. The van der Waals surface area contributed by atoms with E-state index in [1.165, 1.54) is 0 Å². The highest BCUT2D eigenvalue weighted by atomic mass is 16.7. The van der Waals surface area contributed by atoms with Crippen molar-refractivity contribution in [2.45, 2.75) is 25.6 Å². The maximum absolute atomic E-state index is 12.9. The van der Waals surface area contributed by atoms with Gasteiger partial charge in [-0.1, -0.05) is 6.07 Å². The number of rotatable bonds is 3. The van der Waals surface area contributed by atoms with E-state index >= 15 is 0 Å². The second-order valence-electron chi connectivity index (χ2n) is 6.68. The topological polar surface area (TPSA) is 65.8 Å². The first kappa shape index (κ1) is 17.1. The van der Waals surface area contributed by atoms with E-state index in [0.29, 0.717) is 44.8 Å². The quantitative estimate of drug-likeness (QED) is 0.842. The molecule has 3 heterocycles. The fraction of sp³-hybridized carbons (Fsp3) is 0.474. The number of piperidine rings is 1. The number of likely N-dealkylation sites (tertiary alicyclic amines) is 1. The first-order chi connectivity index (χ1) is 12.6. The van der Waals surface area contributed by atoms with E-state index in [0.717, 1.165) is 17.1 Å². The average molecular weight is 357 g/mol. The highest BCUT2D eigenvalue weighted by Gasteiger charge is 2.41. The molecule has 0 aliphatic carbocycles. The Balaban J connectivity index is 1.51. The zero-order valence-corrected chi connectivity index (χ0v) is 15.1. The number of carbonyl (C=O) groups excluding carboxylic acids is 1.